The molecule has 0 aliphatic carbocycles. The number of thiocarbonyl (C=S) groups is 1. The lowest BCUT2D eigenvalue weighted by Crippen LogP contribution is -2.19. The van der Waals surface area contributed by atoms with Crippen molar-refractivity contribution >= 4 is 50.2 Å². The lowest BCUT2D eigenvalue weighted by molar-refractivity contribution is 1.51. The maximum atomic E-state index is 5.55. The number of hydrogen-bond donors (Lipinski definition) is 2. The number of hydrogen-bond acceptors (Lipinski definition) is 1. The third-order valence-electron chi connectivity index (χ3n) is 4.29. The fraction of sp³-hybridized carbons (Fsp3) is 0.0455. The first-order valence-corrected chi connectivity index (χ1v) is 8.67. The fourth-order valence-corrected chi connectivity index (χ4v) is 3.33. The van der Waals surface area contributed by atoms with Gasteiger partial charge in [-0.15, -0.1) is 0 Å². The molecule has 0 aliphatic rings. The highest BCUT2D eigenvalue weighted by molar-refractivity contribution is 7.80. The summed E-state index contributed by atoms with van der Waals surface area (Å²) in [6, 6.07) is 27.1. The summed E-state index contributed by atoms with van der Waals surface area (Å²) in [7, 11) is 0. The van der Waals surface area contributed by atoms with E-state index in [9.17, 15) is 0 Å². The van der Waals surface area contributed by atoms with Crippen molar-refractivity contribution in [2.75, 3.05) is 10.6 Å². The maximum Gasteiger partial charge on any atom is 0.175 e. The Morgan fingerprint density at radius 1 is 0.720 bits per heavy atom. The van der Waals surface area contributed by atoms with E-state index in [0.717, 1.165) is 16.8 Å². The molecule has 0 saturated heterocycles. The highest BCUT2D eigenvalue weighted by atomic mass is 32.1. The quantitative estimate of drug-likeness (QED) is 0.339. The number of anilines is 2. The zero-order chi connectivity index (χ0) is 17.2. The van der Waals surface area contributed by atoms with E-state index >= 15 is 0 Å². The maximum absolute atomic E-state index is 5.55. The minimum Gasteiger partial charge on any atom is -0.332 e. The standard InChI is InChI=1S/C22H18N2S/c1-15-11-12-17-14-16-7-5-6-10-19(16)21(20(17)13-15)24-22(25)23-18-8-3-2-4-9-18/h2-14H,1H3,(H2,23,24,25). The van der Waals surface area contributed by atoms with Gasteiger partial charge in [0.25, 0.3) is 0 Å². The molecular formula is C22H18N2S. The Labute approximate surface area is 152 Å². The molecule has 0 radical (unpaired) electrons. The monoisotopic (exact) mass is 342 g/mol. The highest BCUT2D eigenvalue weighted by Crippen LogP contribution is 2.33. The number of aryl methyl sites for hydroxylation is 1. The van der Waals surface area contributed by atoms with Crippen LogP contribution in [0.4, 0.5) is 11.4 Å². The van der Waals surface area contributed by atoms with Crippen LogP contribution in [0, 0.1) is 6.92 Å². The second-order valence-electron chi connectivity index (χ2n) is 6.14. The Bertz CT molecular complexity index is 1070. The SMILES string of the molecule is Cc1ccc2cc3ccccc3c(NC(=S)Nc3ccccc3)c2c1. The largest absolute Gasteiger partial charge is 0.332 e. The summed E-state index contributed by atoms with van der Waals surface area (Å²) >= 11 is 5.55. The molecule has 122 valence electrons. The number of para-hydroxylation sites is 1. The van der Waals surface area contributed by atoms with Crippen molar-refractivity contribution in [3.8, 4) is 0 Å². The molecule has 25 heavy (non-hydrogen) atoms. The van der Waals surface area contributed by atoms with E-state index in [-0.39, 0.29) is 0 Å². The van der Waals surface area contributed by atoms with Crippen LogP contribution in [-0.4, -0.2) is 5.11 Å². The topological polar surface area (TPSA) is 24.1 Å². The summed E-state index contributed by atoms with van der Waals surface area (Å²) in [6.07, 6.45) is 0. The molecule has 0 amide bonds. The summed E-state index contributed by atoms with van der Waals surface area (Å²) in [5.74, 6) is 0. The number of benzene rings is 4. The normalized spacial score (nSPS) is 10.8. The highest BCUT2D eigenvalue weighted by Gasteiger charge is 2.09. The van der Waals surface area contributed by atoms with Gasteiger partial charge in [0, 0.05) is 16.5 Å². The lowest BCUT2D eigenvalue weighted by atomic mass is 9.99. The number of rotatable bonds is 2. The van der Waals surface area contributed by atoms with Crippen molar-refractivity contribution in [1.29, 1.82) is 0 Å². The molecule has 0 atom stereocenters. The van der Waals surface area contributed by atoms with Crippen molar-refractivity contribution in [2.45, 2.75) is 6.92 Å². The van der Waals surface area contributed by atoms with Crippen LogP contribution in [0.1, 0.15) is 5.56 Å². The molecule has 0 fully saturated rings. The summed E-state index contributed by atoms with van der Waals surface area (Å²) in [6.45, 7) is 2.11. The summed E-state index contributed by atoms with van der Waals surface area (Å²) in [5.41, 5.74) is 3.25. The number of nitrogens with one attached hydrogen (secondary N) is 2. The third-order valence-corrected chi connectivity index (χ3v) is 4.49. The molecule has 0 aromatic heterocycles. The van der Waals surface area contributed by atoms with Crippen LogP contribution in [0.15, 0.2) is 78.9 Å². The van der Waals surface area contributed by atoms with Crippen molar-refractivity contribution in [1.82, 2.24) is 0 Å². The molecule has 0 saturated carbocycles. The van der Waals surface area contributed by atoms with Gasteiger partial charge in [-0.25, -0.2) is 0 Å². The average molecular weight is 342 g/mol. The molecule has 4 aromatic rings. The van der Waals surface area contributed by atoms with Gasteiger partial charge in [-0.05, 0) is 54.2 Å². The Morgan fingerprint density at radius 2 is 1.44 bits per heavy atom. The van der Waals surface area contributed by atoms with Crippen LogP contribution < -0.4 is 10.6 Å². The molecule has 0 spiro atoms. The van der Waals surface area contributed by atoms with Gasteiger partial charge in [0.2, 0.25) is 0 Å². The predicted molar refractivity (Wildman–Crippen MR) is 112 cm³/mol. The molecule has 0 bridgehead atoms. The van der Waals surface area contributed by atoms with Crippen LogP contribution in [-0.2, 0) is 0 Å². The molecule has 0 aliphatic heterocycles. The van der Waals surface area contributed by atoms with Gasteiger partial charge in [0.15, 0.2) is 5.11 Å². The van der Waals surface area contributed by atoms with Crippen LogP contribution in [0.25, 0.3) is 21.5 Å². The van der Waals surface area contributed by atoms with Gasteiger partial charge in [0.1, 0.15) is 0 Å². The van der Waals surface area contributed by atoms with Crippen LogP contribution in [0.5, 0.6) is 0 Å². The Balaban J connectivity index is 1.80. The fourth-order valence-electron chi connectivity index (χ4n) is 3.11. The van der Waals surface area contributed by atoms with Gasteiger partial charge in [-0.3, -0.25) is 0 Å². The molecule has 0 unspecified atom stereocenters. The van der Waals surface area contributed by atoms with Gasteiger partial charge in [-0.2, -0.15) is 0 Å². The third kappa shape index (κ3) is 3.19. The first-order chi connectivity index (χ1) is 12.2. The Morgan fingerprint density at radius 3 is 2.28 bits per heavy atom. The zero-order valence-corrected chi connectivity index (χ0v) is 14.7. The van der Waals surface area contributed by atoms with Crippen LogP contribution in [0.3, 0.4) is 0 Å². The number of fused-ring (bicyclic) bond motifs is 2. The van der Waals surface area contributed by atoms with Crippen molar-refractivity contribution in [3.63, 3.8) is 0 Å². The van der Waals surface area contributed by atoms with E-state index in [1.54, 1.807) is 0 Å². The van der Waals surface area contributed by atoms with E-state index in [0.29, 0.717) is 5.11 Å². The Hall–Kier alpha value is -2.91. The molecule has 0 heterocycles. The molecule has 4 aromatic carbocycles. The lowest BCUT2D eigenvalue weighted by Gasteiger charge is -2.16. The van der Waals surface area contributed by atoms with Gasteiger partial charge >= 0.3 is 0 Å². The molecule has 3 heteroatoms. The molecule has 2 N–H and O–H groups in total. The van der Waals surface area contributed by atoms with Crippen molar-refractivity contribution in [3.05, 3.63) is 84.4 Å². The summed E-state index contributed by atoms with van der Waals surface area (Å²) in [5, 5.41) is 12.0. The zero-order valence-electron chi connectivity index (χ0n) is 13.9. The van der Waals surface area contributed by atoms with E-state index < -0.39 is 0 Å². The van der Waals surface area contributed by atoms with Crippen LogP contribution in [0.2, 0.25) is 0 Å². The van der Waals surface area contributed by atoms with Crippen LogP contribution >= 0.6 is 12.2 Å². The minimum atomic E-state index is 0.588. The van der Waals surface area contributed by atoms with E-state index in [1.807, 2.05) is 30.3 Å². The Kier molecular flexibility index (Phi) is 4.08. The van der Waals surface area contributed by atoms with Crippen molar-refractivity contribution < 1.29 is 0 Å². The minimum absolute atomic E-state index is 0.588. The summed E-state index contributed by atoms with van der Waals surface area (Å²) < 4.78 is 0. The van der Waals surface area contributed by atoms with Crippen molar-refractivity contribution in [2.24, 2.45) is 0 Å². The predicted octanol–water partition coefficient (Wildman–Crippen LogP) is 6.11. The first-order valence-electron chi connectivity index (χ1n) is 8.26. The second-order valence-corrected chi connectivity index (χ2v) is 6.55. The van der Waals surface area contributed by atoms with Gasteiger partial charge in [-0.1, -0.05) is 60.2 Å². The average Bonchev–Trinajstić information content (AvgIpc) is 2.63. The van der Waals surface area contributed by atoms with E-state index in [4.69, 9.17) is 12.2 Å². The first kappa shape index (κ1) is 15.6. The van der Waals surface area contributed by atoms with Gasteiger partial charge in [0.05, 0.1) is 5.69 Å². The van der Waals surface area contributed by atoms with Gasteiger partial charge < -0.3 is 10.6 Å². The molecule has 4 rings (SSSR count). The van der Waals surface area contributed by atoms with E-state index in [2.05, 4.69) is 66.1 Å². The smallest absolute Gasteiger partial charge is 0.175 e. The molecule has 2 nitrogen and oxygen atoms in total. The summed E-state index contributed by atoms with van der Waals surface area (Å²) in [4.78, 5) is 0. The molecular weight excluding hydrogens is 324 g/mol. The second kappa shape index (κ2) is 6.54. The van der Waals surface area contributed by atoms with E-state index in [1.165, 1.54) is 21.7 Å².